The van der Waals surface area contributed by atoms with E-state index in [1.54, 1.807) is 0 Å². The largest absolute Gasteiger partial charge is 0.363 e. The Balaban J connectivity index is 2.06. The molecule has 0 aromatic carbocycles. The molecule has 1 rings (SSSR count). The lowest BCUT2D eigenvalue weighted by atomic mass is 10.4. The minimum Gasteiger partial charge on any atom is -0.363 e. The van der Waals surface area contributed by atoms with Crippen LogP contribution in [0.5, 0.6) is 0 Å². The molecule has 1 heterocycles. The van der Waals surface area contributed by atoms with Gasteiger partial charge in [0.1, 0.15) is 0 Å². The molecule has 0 bridgehead atoms. The van der Waals surface area contributed by atoms with Crippen molar-refractivity contribution in [1.29, 1.82) is 0 Å². The summed E-state index contributed by atoms with van der Waals surface area (Å²) in [7, 11) is 4.16. The highest BCUT2D eigenvalue weighted by atomic mass is 32.1. The molecule has 1 aromatic heterocycles. The SMILES string of the molecule is Cc1cc(C)n(CCCNC(=S)NCCCN(C)C)n1. The van der Waals surface area contributed by atoms with Crippen LogP contribution in [0, 0.1) is 13.8 Å². The molecule has 0 saturated carbocycles. The fourth-order valence-electron chi connectivity index (χ4n) is 1.99. The zero-order chi connectivity index (χ0) is 15.0. The number of hydrogen-bond acceptors (Lipinski definition) is 3. The van der Waals surface area contributed by atoms with Crippen LogP contribution < -0.4 is 10.6 Å². The normalized spacial score (nSPS) is 10.8. The van der Waals surface area contributed by atoms with Crippen molar-refractivity contribution in [2.75, 3.05) is 33.7 Å². The van der Waals surface area contributed by atoms with E-state index in [1.165, 1.54) is 5.69 Å². The molecule has 2 N–H and O–H groups in total. The summed E-state index contributed by atoms with van der Waals surface area (Å²) >= 11 is 5.23. The minimum atomic E-state index is 0.747. The summed E-state index contributed by atoms with van der Waals surface area (Å²) < 4.78 is 2.05. The van der Waals surface area contributed by atoms with Gasteiger partial charge in [0, 0.05) is 25.3 Å². The number of hydrogen-bond donors (Lipinski definition) is 2. The maximum absolute atomic E-state index is 5.23. The molecule has 6 heteroatoms. The maximum Gasteiger partial charge on any atom is 0.166 e. The van der Waals surface area contributed by atoms with E-state index >= 15 is 0 Å². The van der Waals surface area contributed by atoms with Crippen LogP contribution in [0.4, 0.5) is 0 Å². The van der Waals surface area contributed by atoms with Crippen molar-refractivity contribution in [1.82, 2.24) is 25.3 Å². The summed E-state index contributed by atoms with van der Waals surface area (Å²) in [4.78, 5) is 2.17. The van der Waals surface area contributed by atoms with E-state index in [-0.39, 0.29) is 0 Å². The number of rotatable bonds is 8. The molecule has 5 nitrogen and oxygen atoms in total. The van der Waals surface area contributed by atoms with Gasteiger partial charge < -0.3 is 15.5 Å². The molecule has 0 saturated heterocycles. The van der Waals surface area contributed by atoms with Crippen LogP contribution in [0.3, 0.4) is 0 Å². The highest BCUT2D eigenvalue weighted by Gasteiger charge is 2.00. The van der Waals surface area contributed by atoms with Gasteiger partial charge in [-0.2, -0.15) is 5.10 Å². The second-order valence-corrected chi connectivity index (χ2v) is 5.75. The Kier molecular flexibility index (Phi) is 7.54. The van der Waals surface area contributed by atoms with Crippen molar-refractivity contribution in [3.63, 3.8) is 0 Å². The van der Waals surface area contributed by atoms with E-state index in [9.17, 15) is 0 Å². The average molecular weight is 297 g/mol. The second kappa shape index (κ2) is 8.92. The van der Waals surface area contributed by atoms with Gasteiger partial charge in [-0.1, -0.05) is 0 Å². The van der Waals surface area contributed by atoms with E-state index < -0.39 is 0 Å². The Labute approximate surface area is 127 Å². The van der Waals surface area contributed by atoms with Crippen LogP contribution in [-0.4, -0.2) is 53.5 Å². The molecular formula is C14H27N5S. The quantitative estimate of drug-likeness (QED) is 0.559. The van der Waals surface area contributed by atoms with Crippen molar-refractivity contribution in [2.45, 2.75) is 33.2 Å². The van der Waals surface area contributed by atoms with Crippen LogP contribution >= 0.6 is 12.2 Å². The van der Waals surface area contributed by atoms with Gasteiger partial charge in [0.15, 0.2) is 5.11 Å². The van der Waals surface area contributed by atoms with Gasteiger partial charge >= 0.3 is 0 Å². The third-order valence-corrected chi connectivity index (χ3v) is 3.29. The zero-order valence-corrected chi connectivity index (χ0v) is 13.9. The fraction of sp³-hybridized carbons (Fsp3) is 0.714. The van der Waals surface area contributed by atoms with Crippen LogP contribution in [0.1, 0.15) is 24.2 Å². The van der Waals surface area contributed by atoms with Crippen LogP contribution in [0.2, 0.25) is 0 Å². The van der Waals surface area contributed by atoms with Crippen LogP contribution in [0.25, 0.3) is 0 Å². The zero-order valence-electron chi connectivity index (χ0n) is 13.1. The molecule has 0 aliphatic rings. The number of aromatic nitrogens is 2. The number of nitrogens with one attached hydrogen (secondary N) is 2. The third-order valence-electron chi connectivity index (χ3n) is 3.00. The molecule has 0 aliphatic carbocycles. The Morgan fingerprint density at radius 1 is 1.25 bits per heavy atom. The maximum atomic E-state index is 5.23. The van der Waals surface area contributed by atoms with Crippen molar-refractivity contribution >= 4 is 17.3 Å². The first-order chi connectivity index (χ1) is 9.49. The number of nitrogens with zero attached hydrogens (tertiary/aromatic N) is 3. The van der Waals surface area contributed by atoms with Gasteiger partial charge in [-0.05, 0) is 65.6 Å². The Morgan fingerprint density at radius 2 is 1.90 bits per heavy atom. The molecule has 0 radical (unpaired) electrons. The lowest BCUT2D eigenvalue weighted by Crippen LogP contribution is -2.37. The molecule has 114 valence electrons. The third kappa shape index (κ3) is 6.86. The Morgan fingerprint density at radius 3 is 2.45 bits per heavy atom. The van der Waals surface area contributed by atoms with Crippen molar-refractivity contribution in [3.05, 3.63) is 17.5 Å². The van der Waals surface area contributed by atoms with Crippen molar-refractivity contribution in [3.8, 4) is 0 Å². The highest BCUT2D eigenvalue weighted by Crippen LogP contribution is 2.02. The van der Waals surface area contributed by atoms with Gasteiger partial charge in [0.05, 0.1) is 5.69 Å². The van der Waals surface area contributed by atoms with E-state index in [0.717, 1.165) is 49.8 Å². The summed E-state index contributed by atoms with van der Waals surface area (Å²) in [6, 6.07) is 2.10. The monoisotopic (exact) mass is 297 g/mol. The van der Waals surface area contributed by atoms with Gasteiger partial charge in [0.2, 0.25) is 0 Å². The standard InChI is InChI=1S/C14H27N5S/c1-12-11-13(2)19(17-12)10-6-8-16-14(20)15-7-5-9-18(3)4/h11H,5-10H2,1-4H3,(H2,15,16,20). The summed E-state index contributed by atoms with van der Waals surface area (Å²) in [6.45, 7) is 7.90. The molecule has 0 fully saturated rings. The summed E-state index contributed by atoms with van der Waals surface area (Å²) in [6.07, 6.45) is 2.11. The first-order valence-corrected chi connectivity index (χ1v) is 7.57. The fourth-order valence-corrected chi connectivity index (χ4v) is 2.20. The summed E-state index contributed by atoms with van der Waals surface area (Å²) in [5.41, 5.74) is 2.29. The van der Waals surface area contributed by atoms with E-state index in [4.69, 9.17) is 12.2 Å². The Hall–Kier alpha value is -1.14. The van der Waals surface area contributed by atoms with Gasteiger partial charge in [-0.25, -0.2) is 0 Å². The summed E-state index contributed by atoms with van der Waals surface area (Å²) in [5.74, 6) is 0. The van der Waals surface area contributed by atoms with Gasteiger partial charge in [-0.3, -0.25) is 4.68 Å². The van der Waals surface area contributed by atoms with Gasteiger partial charge in [0.25, 0.3) is 0 Å². The molecule has 20 heavy (non-hydrogen) atoms. The van der Waals surface area contributed by atoms with Crippen LogP contribution in [0.15, 0.2) is 6.07 Å². The second-order valence-electron chi connectivity index (χ2n) is 5.34. The van der Waals surface area contributed by atoms with Gasteiger partial charge in [-0.15, -0.1) is 0 Å². The number of thiocarbonyl (C=S) groups is 1. The minimum absolute atomic E-state index is 0.747. The molecule has 0 atom stereocenters. The number of aryl methyl sites for hydroxylation is 3. The van der Waals surface area contributed by atoms with Crippen molar-refractivity contribution < 1.29 is 0 Å². The molecular weight excluding hydrogens is 270 g/mol. The van der Waals surface area contributed by atoms with Crippen molar-refractivity contribution in [2.24, 2.45) is 0 Å². The molecule has 0 aliphatic heterocycles. The predicted octanol–water partition coefficient (Wildman–Crippen LogP) is 1.31. The first-order valence-electron chi connectivity index (χ1n) is 7.16. The first kappa shape index (κ1) is 16.9. The lowest BCUT2D eigenvalue weighted by Gasteiger charge is -2.12. The Bertz CT molecular complexity index is 414. The molecule has 0 amide bonds. The predicted molar refractivity (Wildman–Crippen MR) is 88.1 cm³/mol. The average Bonchev–Trinajstić information content (AvgIpc) is 2.69. The van der Waals surface area contributed by atoms with E-state index in [0.29, 0.717) is 0 Å². The van der Waals surface area contributed by atoms with E-state index in [1.807, 2.05) is 11.6 Å². The topological polar surface area (TPSA) is 45.1 Å². The van der Waals surface area contributed by atoms with E-state index in [2.05, 4.69) is 47.7 Å². The van der Waals surface area contributed by atoms with Crippen LogP contribution in [-0.2, 0) is 6.54 Å². The summed E-state index contributed by atoms with van der Waals surface area (Å²) in [5, 5.41) is 11.6. The highest BCUT2D eigenvalue weighted by molar-refractivity contribution is 7.80. The molecule has 0 spiro atoms. The lowest BCUT2D eigenvalue weighted by molar-refractivity contribution is 0.400. The molecule has 1 aromatic rings. The smallest absolute Gasteiger partial charge is 0.166 e. The molecule has 0 unspecified atom stereocenters.